The van der Waals surface area contributed by atoms with Crippen molar-refractivity contribution in [2.24, 2.45) is 22.4 Å². The number of hydrogen-bond donors (Lipinski definition) is 9. The molecule has 5 aliphatic rings. The van der Waals surface area contributed by atoms with E-state index in [9.17, 15) is 44.2 Å². The Bertz CT molecular complexity index is 4110. The van der Waals surface area contributed by atoms with Crippen LogP contribution in [-0.2, 0) is 56.1 Å². The number of nitrogens with two attached hydrogens (primary N) is 4. The van der Waals surface area contributed by atoms with Crippen molar-refractivity contribution in [3.8, 4) is 0 Å². The molecule has 0 saturated carbocycles. The number of nitrogens with one attached hydrogen (secondary N) is 3. The number of nitro benzene ring substituents is 2. The number of aliphatic imine (C=N–C) groups is 1. The van der Waals surface area contributed by atoms with E-state index in [2.05, 4.69) is 43.2 Å². The summed E-state index contributed by atoms with van der Waals surface area (Å²) in [7, 11) is 16.0. The third kappa shape index (κ3) is 36.5. The summed E-state index contributed by atoms with van der Waals surface area (Å²) in [5.74, 6) is 9.84. The molecule has 31 nitrogen and oxygen atoms in total. The number of rotatable bonds is 16. The van der Waals surface area contributed by atoms with Crippen LogP contribution in [0.4, 0.5) is 51.2 Å². The minimum Gasteiger partial charge on any atom is -0.399 e. The zero-order valence-corrected chi connectivity index (χ0v) is 70.5. The summed E-state index contributed by atoms with van der Waals surface area (Å²) >= 11 is 10.0. The van der Waals surface area contributed by atoms with Crippen LogP contribution in [-0.4, -0.2) is 206 Å². The quantitative estimate of drug-likeness (QED) is 0.00634. The van der Waals surface area contributed by atoms with Gasteiger partial charge in [-0.3, -0.25) is 61.3 Å². The topological polar surface area (TPSA) is 442 Å². The normalized spacial score (nSPS) is 13.2. The molecule has 0 saturated heterocycles. The molecule has 5 amide bonds. The number of thiophene rings is 2. The molecular weight excluding hydrogens is 1640 g/mol. The number of para-hydroxylation sites is 1. The molecule has 5 aromatic carbocycles. The summed E-state index contributed by atoms with van der Waals surface area (Å²) in [5.41, 5.74) is 23.4. The van der Waals surface area contributed by atoms with Crippen LogP contribution < -0.4 is 48.5 Å². The van der Waals surface area contributed by atoms with Crippen molar-refractivity contribution in [2.75, 3.05) is 152 Å². The van der Waals surface area contributed by atoms with Gasteiger partial charge in [-0.15, -0.1) is 92.5 Å². The maximum atomic E-state index is 12.2. The van der Waals surface area contributed by atoms with Crippen LogP contribution >= 0.6 is 82.4 Å². The molecule has 0 unspecified atom stereocenters. The lowest BCUT2D eigenvalue weighted by Gasteiger charge is -2.30. The largest absolute Gasteiger partial charge is 0.399 e. The number of nitro groups is 2. The molecule has 0 atom stereocenters. The van der Waals surface area contributed by atoms with Gasteiger partial charge >= 0.3 is 0 Å². The Kier molecular flexibility index (Phi) is 48.7. The number of hydrazine groups is 1. The van der Waals surface area contributed by atoms with Crippen molar-refractivity contribution in [3.05, 3.63) is 200 Å². The lowest BCUT2D eigenvalue weighted by atomic mass is 10.0. The number of amidine groups is 1. The van der Waals surface area contributed by atoms with Crippen LogP contribution in [0.15, 0.2) is 137 Å². The second-order valence-corrected chi connectivity index (χ2v) is 28.3. The zero-order chi connectivity index (χ0) is 81.3. The number of carbonyl (C=O) groups is 5. The molecule has 13 N–H and O–H groups in total. The van der Waals surface area contributed by atoms with Crippen LogP contribution in [0.3, 0.4) is 0 Å². The molecule has 0 radical (unpaired) electrons. The molecule has 5 aliphatic heterocycles. The number of non-ortho nitro benzene ring substituents is 2. The van der Waals surface area contributed by atoms with Gasteiger partial charge in [0.2, 0.25) is 29.5 Å². The van der Waals surface area contributed by atoms with Crippen molar-refractivity contribution in [2.45, 2.75) is 71.1 Å². The summed E-state index contributed by atoms with van der Waals surface area (Å²) in [6, 6.07) is 36.7. The Balaban J connectivity index is 0.000000652. The van der Waals surface area contributed by atoms with Crippen LogP contribution in [0.2, 0.25) is 0 Å². The molecule has 608 valence electrons. The number of benzene rings is 5. The third-order valence-corrected chi connectivity index (χ3v) is 18.7. The molecule has 0 fully saturated rings. The molecule has 0 bridgehead atoms. The average Bonchev–Trinajstić information content (AvgIpc) is 0.936. The highest BCUT2D eigenvalue weighted by molar-refractivity contribution is 14.0. The molecule has 12 rings (SSSR count). The van der Waals surface area contributed by atoms with Gasteiger partial charge in [0, 0.05) is 149 Å². The van der Waals surface area contributed by atoms with Gasteiger partial charge in [-0.05, 0) is 207 Å². The molecule has 7 heterocycles. The number of carbonyl (C=O) groups excluding carboxylic acids is 5. The summed E-state index contributed by atoms with van der Waals surface area (Å²) in [4.78, 5) is 107. The number of likely N-dealkylation sites (N-methyl/N-ethyl adjacent to an activating group) is 3. The standard InChI is InChI=1S/C18H22N4OS.C13H17N3O3.C13H19N3O.C9H8N2O3.C9H9NO.C6H7NS2.C4H10ClN.C2H6O.ClH.HI.H4N2.HNO3/c1-21(2)9-10-22-15-7-6-14(12-13(15)5-8-17(22)23)20-18(19)16-4-3-11-24-16;1-14(2)7-8-15-12-5-4-11(16(18)19)9-10(12)3-6-13(15)17;1-15(2)7-8-16-12-5-4-11(14)9-10(12)3-6-13(16)17;12-9-4-1-6-5-7(11(13)14)2-3-8(6)10-9;11-9-6-5-7-3-1-2-4-8(7)10-9;1-8-6(7)5-3-2-4-9-5;1-6(2)4-3-5;1-2-3;;;1-2;2-1(3)4/h3-4,6-7,11-12H,5,8-10H2,1-2H3,(H2,19,20);4-5,9H,3,6-8H2,1-2H3;4-5,9H,3,6-8,14H2,1-2H3;2-3,5H,1,4H2,(H,10,12);1-4H,5-6H2,(H,10,11);2-4,7H,1H3;3-4H2,1-2H3;3H,2H2,1H3;2*1H;1-2H2;(H,2,3,4). The van der Waals surface area contributed by atoms with E-state index in [-0.39, 0.29) is 83.9 Å². The summed E-state index contributed by atoms with van der Waals surface area (Å²) in [6.45, 7) is 7.44. The summed E-state index contributed by atoms with van der Waals surface area (Å²) in [6.07, 6.45) is 8.08. The van der Waals surface area contributed by atoms with Gasteiger partial charge < -0.3 is 66.7 Å². The van der Waals surface area contributed by atoms with E-state index in [1.54, 1.807) is 52.7 Å². The van der Waals surface area contributed by atoms with Gasteiger partial charge in [-0.2, -0.15) is 0 Å². The molecule has 7 aromatic rings. The molecule has 111 heavy (non-hydrogen) atoms. The lowest BCUT2D eigenvalue weighted by molar-refractivity contribution is -0.742. The van der Waals surface area contributed by atoms with Crippen LogP contribution in [0.25, 0.3) is 0 Å². The SMILES string of the molecule is CCO.CN(C)CCCl.CN(C)CCN1C(=O)CCc2cc(N)ccc21.CN(C)CCN1C(=O)CCc2cc(N=C(N)c3cccs3)ccc21.CN(C)CCN1C(=O)CCc2cc([N+](=O)[O-])ccc21.CSC(=N)c1cccs1.Cl.I.NN.O=C1CCc2cc([N+](=O)[O-])ccc2N1.O=C1CCc2ccccc2N1.O=[N+]([O-])O. The fourth-order valence-electron chi connectivity index (χ4n) is 10.6. The highest BCUT2D eigenvalue weighted by Crippen LogP contribution is 2.34. The molecule has 0 aliphatic carbocycles. The summed E-state index contributed by atoms with van der Waals surface area (Å²) in [5, 5.41) is 59.9. The number of anilines is 6. The van der Waals surface area contributed by atoms with Crippen LogP contribution in [0.1, 0.15) is 76.6 Å². The Morgan fingerprint density at radius 1 is 0.559 bits per heavy atom. The number of amides is 5. The second kappa shape index (κ2) is 54.0. The highest BCUT2D eigenvalue weighted by Gasteiger charge is 2.28. The number of thioether (sulfide) groups is 1. The lowest BCUT2D eigenvalue weighted by Crippen LogP contribution is -2.39. The first kappa shape index (κ1) is 100. The number of nitrogen functional groups attached to an aromatic ring is 1. The number of alkyl halides is 1. The van der Waals surface area contributed by atoms with E-state index in [1.165, 1.54) is 41.1 Å². The number of nitrogens with zero attached hydrogens (tertiary/aromatic N) is 11. The van der Waals surface area contributed by atoms with E-state index >= 15 is 0 Å². The average molecular weight is 1750 g/mol. The van der Waals surface area contributed by atoms with Gasteiger partial charge in [-0.25, -0.2) is 4.99 Å². The van der Waals surface area contributed by atoms with Crippen LogP contribution in [0, 0.1) is 35.8 Å². The van der Waals surface area contributed by atoms with Crippen molar-refractivity contribution >= 4 is 174 Å². The molecule has 0 spiro atoms. The maximum Gasteiger partial charge on any atom is 0.291 e. The smallest absolute Gasteiger partial charge is 0.291 e. The van der Waals surface area contributed by atoms with E-state index < -0.39 is 14.9 Å². The minimum absolute atomic E-state index is 0. The Morgan fingerprint density at radius 2 is 0.937 bits per heavy atom. The van der Waals surface area contributed by atoms with E-state index in [0.29, 0.717) is 74.6 Å². The number of aliphatic hydroxyl groups excluding tert-OH is 1. The maximum absolute atomic E-state index is 12.2. The fourth-order valence-corrected chi connectivity index (χ4v) is 12.8. The van der Waals surface area contributed by atoms with Crippen molar-refractivity contribution < 1.29 is 49.2 Å². The van der Waals surface area contributed by atoms with Gasteiger partial charge in [0.25, 0.3) is 16.5 Å². The predicted molar refractivity (Wildman–Crippen MR) is 463 cm³/mol. The number of fused-ring (bicyclic) bond motifs is 5. The third-order valence-electron chi connectivity index (χ3n) is 16.0. The monoisotopic (exact) mass is 1750 g/mol. The fraction of sp³-hybridized carbons (Fsp3) is 0.392. The number of aryl methyl sites for hydroxylation is 5. The Labute approximate surface area is 689 Å². The van der Waals surface area contributed by atoms with Crippen molar-refractivity contribution in [3.63, 3.8) is 0 Å². The molecular formula is C74H105Cl2IN18O13S3. The molecule has 37 heteroatoms. The predicted octanol–water partition coefficient (Wildman–Crippen LogP) is 11.0. The number of halogens is 3. The van der Waals surface area contributed by atoms with E-state index in [1.807, 2.05) is 172 Å². The van der Waals surface area contributed by atoms with Gasteiger partial charge in [0.1, 0.15) is 10.9 Å². The van der Waals surface area contributed by atoms with E-state index in [0.717, 1.165) is 118 Å². The van der Waals surface area contributed by atoms with Gasteiger partial charge in [-0.1, -0.05) is 30.3 Å². The Morgan fingerprint density at radius 3 is 1.35 bits per heavy atom. The first-order valence-corrected chi connectivity index (χ1v) is 38.0. The second-order valence-electron chi connectivity index (χ2n) is 25.2. The summed E-state index contributed by atoms with van der Waals surface area (Å²) < 4.78 is 0. The van der Waals surface area contributed by atoms with Gasteiger partial charge in [0.15, 0.2) is 0 Å². The first-order chi connectivity index (χ1) is 51.9. The Hall–Kier alpha value is -8.83. The zero-order valence-electron chi connectivity index (χ0n) is 64.2. The van der Waals surface area contributed by atoms with Crippen molar-refractivity contribution in [1.29, 1.82) is 5.41 Å². The number of aliphatic hydroxyl groups is 1. The molecule has 2 aromatic heterocycles. The van der Waals surface area contributed by atoms with Crippen LogP contribution in [0.5, 0.6) is 0 Å². The van der Waals surface area contributed by atoms with Gasteiger partial charge in [0.05, 0.1) is 25.3 Å². The van der Waals surface area contributed by atoms with Crippen molar-refractivity contribution in [1.82, 2.24) is 19.6 Å². The first-order valence-electron chi connectivity index (χ1n) is 34.5. The highest BCUT2D eigenvalue weighted by atomic mass is 127. The van der Waals surface area contributed by atoms with E-state index in [4.69, 9.17) is 48.9 Å². The minimum atomic E-state index is -1.50. The number of hydrogen-bond acceptors (Lipinski definition) is 24.